The fraction of sp³-hybridized carbons (Fsp3) is 0.882. The number of carboxylic acid groups (broad SMARTS) is 1. The largest absolute Gasteiger partial charge is 0.481 e. The Balaban J connectivity index is 1.92. The summed E-state index contributed by atoms with van der Waals surface area (Å²) < 4.78 is 0. The lowest BCUT2D eigenvalue weighted by Crippen LogP contribution is -2.42. The molecule has 1 atom stereocenters. The summed E-state index contributed by atoms with van der Waals surface area (Å²) in [5.74, 6) is -0.282. The van der Waals surface area contributed by atoms with Crippen LogP contribution < -0.4 is 5.32 Å². The minimum Gasteiger partial charge on any atom is -0.481 e. The third-order valence-electron chi connectivity index (χ3n) is 5.51. The maximum Gasteiger partial charge on any atom is 0.310 e. The molecule has 2 aliphatic carbocycles. The molecule has 2 N–H and O–H groups in total. The highest BCUT2D eigenvalue weighted by Gasteiger charge is 2.40. The molecule has 0 heterocycles. The maximum atomic E-state index is 12.3. The van der Waals surface area contributed by atoms with E-state index < -0.39 is 11.4 Å². The van der Waals surface area contributed by atoms with Gasteiger partial charge in [0.1, 0.15) is 0 Å². The van der Waals surface area contributed by atoms with Crippen molar-refractivity contribution < 1.29 is 14.7 Å². The van der Waals surface area contributed by atoms with Crippen LogP contribution in [-0.2, 0) is 9.59 Å². The molecule has 2 saturated carbocycles. The zero-order valence-electron chi connectivity index (χ0n) is 13.2. The molecule has 120 valence electrons. The molecule has 2 rings (SSSR count). The highest BCUT2D eigenvalue weighted by Crippen LogP contribution is 2.38. The van der Waals surface area contributed by atoms with Crippen LogP contribution in [0, 0.1) is 11.3 Å². The van der Waals surface area contributed by atoms with Gasteiger partial charge in [0, 0.05) is 12.5 Å². The third kappa shape index (κ3) is 4.21. The van der Waals surface area contributed by atoms with Crippen LogP contribution in [0.1, 0.15) is 77.6 Å². The first kappa shape index (κ1) is 16.3. The minimum absolute atomic E-state index is 0.0706. The summed E-state index contributed by atoms with van der Waals surface area (Å²) in [5, 5.41) is 12.7. The van der Waals surface area contributed by atoms with E-state index in [9.17, 15) is 14.7 Å². The molecular weight excluding hydrogens is 266 g/mol. The van der Waals surface area contributed by atoms with E-state index in [0.29, 0.717) is 18.8 Å². The Hall–Kier alpha value is -1.06. The Labute approximate surface area is 127 Å². The van der Waals surface area contributed by atoms with E-state index in [1.165, 1.54) is 25.7 Å². The lowest BCUT2D eigenvalue weighted by atomic mass is 9.77. The normalized spacial score (nSPS) is 24.2. The fourth-order valence-corrected chi connectivity index (χ4v) is 4.06. The van der Waals surface area contributed by atoms with E-state index in [2.05, 4.69) is 12.2 Å². The van der Waals surface area contributed by atoms with Gasteiger partial charge in [0.25, 0.3) is 0 Å². The fourth-order valence-electron chi connectivity index (χ4n) is 4.06. The summed E-state index contributed by atoms with van der Waals surface area (Å²) in [6.45, 7) is 2.06. The molecule has 4 nitrogen and oxygen atoms in total. The lowest BCUT2D eigenvalue weighted by Gasteiger charge is -2.29. The third-order valence-corrected chi connectivity index (χ3v) is 5.51. The van der Waals surface area contributed by atoms with Crippen LogP contribution in [0.25, 0.3) is 0 Å². The molecule has 0 spiro atoms. The first-order chi connectivity index (χ1) is 10.0. The van der Waals surface area contributed by atoms with E-state index in [-0.39, 0.29) is 18.4 Å². The Morgan fingerprint density at radius 2 is 1.67 bits per heavy atom. The van der Waals surface area contributed by atoms with Crippen LogP contribution in [0.15, 0.2) is 0 Å². The van der Waals surface area contributed by atoms with Gasteiger partial charge in [-0.15, -0.1) is 0 Å². The molecule has 0 aromatic rings. The van der Waals surface area contributed by atoms with Crippen molar-refractivity contribution in [1.82, 2.24) is 5.32 Å². The highest BCUT2D eigenvalue weighted by molar-refractivity contribution is 5.85. The SMILES string of the molecule is C[C@@H](NC(=O)CC1(C(=O)O)CCCCCC1)C1CCCC1. The Bertz CT molecular complexity index is 366. The van der Waals surface area contributed by atoms with E-state index in [4.69, 9.17) is 0 Å². The quantitative estimate of drug-likeness (QED) is 0.763. The van der Waals surface area contributed by atoms with Gasteiger partial charge in [0.2, 0.25) is 5.91 Å². The molecule has 0 aromatic carbocycles. The van der Waals surface area contributed by atoms with Crippen LogP contribution in [-0.4, -0.2) is 23.0 Å². The van der Waals surface area contributed by atoms with Gasteiger partial charge >= 0.3 is 5.97 Å². The van der Waals surface area contributed by atoms with E-state index in [1.54, 1.807) is 0 Å². The first-order valence-corrected chi connectivity index (χ1v) is 8.56. The number of carboxylic acids is 1. The second kappa shape index (κ2) is 7.28. The number of rotatable bonds is 5. The van der Waals surface area contributed by atoms with Gasteiger partial charge in [-0.25, -0.2) is 0 Å². The molecule has 0 bridgehead atoms. The molecule has 0 radical (unpaired) electrons. The van der Waals surface area contributed by atoms with Crippen molar-refractivity contribution in [3.63, 3.8) is 0 Å². The average molecular weight is 295 g/mol. The molecule has 2 aliphatic rings. The summed E-state index contributed by atoms with van der Waals surface area (Å²) >= 11 is 0. The van der Waals surface area contributed by atoms with Crippen LogP contribution in [0.5, 0.6) is 0 Å². The van der Waals surface area contributed by atoms with Crippen LogP contribution >= 0.6 is 0 Å². The van der Waals surface area contributed by atoms with E-state index >= 15 is 0 Å². The number of amides is 1. The predicted molar refractivity (Wildman–Crippen MR) is 82.0 cm³/mol. The van der Waals surface area contributed by atoms with Crippen molar-refractivity contribution in [1.29, 1.82) is 0 Å². The van der Waals surface area contributed by atoms with Crippen molar-refractivity contribution in [2.75, 3.05) is 0 Å². The smallest absolute Gasteiger partial charge is 0.310 e. The van der Waals surface area contributed by atoms with Gasteiger partial charge in [0.05, 0.1) is 5.41 Å². The van der Waals surface area contributed by atoms with Gasteiger partial charge in [0.15, 0.2) is 0 Å². The summed E-state index contributed by atoms with van der Waals surface area (Å²) in [4.78, 5) is 24.1. The molecule has 0 aromatic heterocycles. The van der Waals surface area contributed by atoms with Gasteiger partial charge in [-0.1, -0.05) is 38.5 Å². The minimum atomic E-state index is -0.823. The number of nitrogens with one attached hydrogen (secondary N) is 1. The van der Waals surface area contributed by atoms with Gasteiger partial charge in [-0.05, 0) is 38.5 Å². The van der Waals surface area contributed by atoms with Crippen molar-refractivity contribution in [2.24, 2.45) is 11.3 Å². The number of aliphatic carboxylic acids is 1. The lowest BCUT2D eigenvalue weighted by molar-refractivity contribution is -0.153. The molecule has 1 amide bonds. The van der Waals surface area contributed by atoms with Gasteiger partial charge < -0.3 is 10.4 Å². The van der Waals surface area contributed by atoms with Gasteiger partial charge in [-0.2, -0.15) is 0 Å². The standard InChI is InChI=1S/C17H29NO3/c1-13(14-8-4-5-9-14)18-15(19)12-17(16(20)21)10-6-2-3-7-11-17/h13-14H,2-12H2,1H3,(H,18,19)(H,20,21)/t13-/m1/s1. The summed E-state index contributed by atoms with van der Waals surface area (Å²) in [5.41, 5.74) is -0.823. The van der Waals surface area contributed by atoms with Crippen LogP contribution in [0.4, 0.5) is 0 Å². The molecule has 21 heavy (non-hydrogen) atoms. The molecule has 0 aliphatic heterocycles. The van der Waals surface area contributed by atoms with Crippen molar-refractivity contribution in [2.45, 2.75) is 83.6 Å². The molecule has 0 saturated heterocycles. The topological polar surface area (TPSA) is 66.4 Å². The Morgan fingerprint density at radius 1 is 1.10 bits per heavy atom. The van der Waals surface area contributed by atoms with E-state index in [0.717, 1.165) is 25.7 Å². The number of carbonyl (C=O) groups excluding carboxylic acids is 1. The van der Waals surface area contributed by atoms with E-state index in [1.807, 2.05) is 0 Å². The zero-order valence-corrected chi connectivity index (χ0v) is 13.2. The van der Waals surface area contributed by atoms with Crippen molar-refractivity contribution >= 4 is 11.9 Å². The Kier molecular flexibility index (Phi) is 5.65. The van der Waals surface area contributed by atoms with Crippen molar-refractivity contribution in [3.05, 3.63) is 0 Å². The molecule has 0 unspecified atom stereocenters. The second-order valence-electron chi connectivity index (χ2n) is 7.08. The Morgan fingerprint density at radius 3 is 2.19 bits per heavy atom. The number of hydrogen-bond acceptors (Lipinski definition) is 2. The monoisotopic (exact) mass is 295 g/mol. The first-order valence-electron chi connectivity index (χ1n) is 8.56. The molecule has 4 heteroatoms. The van der Waals surface area contributed by atoms with Crippen LogP contribution in [0.2, 0.25) is 0 Å². The average Bonchev–Trinajstić information content (AvgIpc) is 2.86. The number of hydrogen-bond donors (Lipinski definition) is 2. The summed E-state index contributed by atoms with van der Waals surface area (Å²) in [6, 6.07) is 0.177. The molecular formula is C17H29NO3. The molecule has 2 fully saturated rings. The summed E-state index contributed by atoms with van der Waals surface area (Å²) in [7, 11) is 0. The zero-order chi connectivity index (χ0) is 15.3. The van der Waals surface area contributed by atoms with Crippen LogP contribution in [0.3, 0.4) is 0 Å². The summed E-state index contributed by atoms with van der Waals surface area (Å²) in [6.07, 6.45) is 10.4. The van der Waals surface area contributed by atoms with Crippen molar-refractivity contribution in [3.8, 4) is 0 Å². The number of carbonyl (C=O) groups is 2. The predicted octanol–water partition coefficient (Wildman–Crippen LogP) is 3.50. The van der Waals surface area contributed by atoms with Gasteiger partial charge in [-0.3, -0.25) is 9.59 Å². The highest BCUT2D eigenvalue weighted by atomic mass is 16.4. The maximum absolute atomic E-state index is 12.3. The second-order valence-corrected chi connectivity index (χ2v) is 7.08.